The van der Waals surface area contributed by atoms with Crippen molar-refractivity contribution in [2.24, 2.45) is 5.92 Å². The average Bonchev–Trinajstić information content (AvgIpc) is 3.28. The van der Waals surface area contributed by atoms with E-state index in [-0.39, 0.29) is 10.1 Å². The van der Waals surface area contributed by atoms with Crippen molar-refractivity contribution in [2.45, 2.75) is 17.1 Å². The molecule has 1 aromatic heterocycles. The summed E-state index contributed by atoms with van der Waals surface area (Å²) in [7, 11) is -1.61. The van der Waals surface area contributed by atoms with Gasteiger partial charge in [-0.15, -0.1) is 11.3 Å². The number of nitrogens with one attached hydrogen (secondary N) is 2. The predicted octanol–water partition coefficient (Wildman–Crippen LogP) is 2.16. The number of carbonyl (C=O) groups excluding carboxylic acids is 1. The Kier molecular flexibility index (Phi) is 5.95. The number of rotatable bonds is 7. The average molecular weight is 394 g/mol. The molecule has 2 heterocycles. The van der Waals surface area contributed by atoms with Crippen LogP contribution in [0.1, 0.15) is 12.0 Å². The standard InChI is InChI=1S/C18H23N3O3S2/c1-19-12-15-8-9-21(13-15)17(22)11-14-4-6-16(7-5-14)20-26(23,24)18-3-2-10-25-18/h2-7,10,15,19-20H,8-9,11-13H2,1H3. The normalized spacial score (nSPS) is 17.4. The molecule has 1 amide bonds. The van der Waals surface area contributed by atoms with Crippen molar-refractivity contribution in [1.82, 2.24) is 10.2 Å². The van der Waals surface area contributed by atoms with Crippen LogP contribution in [0.15, 0.2) is 46.0 Å². The van der Waals surface area contributed by atoms with Crippen LogP contribution in [0.5, 0.6) is 0 Å². The summed E-state index contributed by atoms with van der Waals surface area (Å²) in [4.78, 5) is 14.3. The fourth-order valence-electron chi connectivity index (χ4n) is 3.11. The molecule has 0 spiro atoms. The molecular weight excluding hydrogens is 370 g/mol. The van der Waals surface area contributed by atoms with Crippen LogP contribution >= 0.6 is 11.3 Å². The first-order chi connectivity index (χ1) is 12.5. The third-order valence-corrected chi connectivity index (χ3v) is 7.23. The molecular formula is C18H23N3O3S2. The Hall–Kier alpha value is -1.90. The minimum absolute atomic E-state index is 0.121. The highest BCUT2D eigenvalue weighted by Gasteiger charge is 2.25. The van der Waals surface area contributed by atoms with Crippen LogP contribution in [0.2, 0.25) is 0 Å². The molecule has 0 bridgehead atoms. The van der Waals surface area contributed by atoms with Crippen molar-refractivity contribution < 1.29 is 13.2 Å². The number of nitrogens with zero attached hydrogens (tertiary/aromatic N) is 1. The zero-order valence-corrected chi connectivity index (χ0v) is 16.3. The number of hydrogen-bond acceptors (Lipinski definition) is 5. The first-order valence-corrected chi connectivity index (χ1v) is 10.9. The maximum atomic E-state index is 12.4. The number of likely N-dealkylation sites (tertiary alicyclic amines) is 1. The van der Waals surface area contributed by atoms with E-state index in [0.29, 0.717) is 18.0 Å². The molecule has 1 unspecified atom stereocenters. The van der Waals surface area contributed by atoms with Crippen LogP contribution in [0.3, 0.4) is 0 Å². The van der Waals surface area contributed by atoms with Crippen LogP contribution in [0.25, 0.3) is 0 Å². The maximum absolute atomic E-state index is 12.4. The van der Waals surface area contributed by atoms with Crippen LogP contribution < -0.4 is 10.0 Å². The highest BCUT2D eigenvalue weighted by Crippen LogP contribution is 2.21. The van der Waals surface area contributed by atoms with E-state index < -0.39 is 10.0 Å². The van der Waals surface area contributed by atoms with Gasteiger partial charge in [0.25, 0.3) is 10.0 Å². The summed E-state index contributed by atoms with van der Waals surface area (Å²) in [6.07, 6.45) is 1.38. The Bertz CT molecular complexity index is 833. The molecule has 26 heavy (non-hydrogen) atoms. The number of carbonyl (C=O) groups is 1. The Balaban J connectivity index is 1.57. The molecule has 1 atom stereocenters. The Labute approximate surface area is 158 Å². The molecule has 1 saturated heterocycles. The van der Waals surface area contributed by atoms with Crippen molar-refractivity contribution in [3.8, 4) is 0 Å². The van der Waals surface area contributed by atoms with E-state index in [1.54, 1.807) is 41.8 Å². The summed E-state index contributed by atoms with van der Waals surface area (Å²) < 4.78 is 27.3. The molecule has 8 heteroatoms. The molecule has 2 N–H and O–H groups in total. The second kappa shape index (κ2) is 8.20. The lowest BCUT2D eigenvalue weighted by atomic mass is 10.1. The molecule has 0 radical (unpaired) electrons. The van der Waals surface area contributed by atoms with Gasteiger partial charge in [0, 0.05) is 18.8 Å². The van der Waals surface area contributed by atoms with E-state index in [4.69, 9.17) is 0 Å². The first kappa shape index (κ1) is 18.9. The lowest BCUT2D eigenvalue weighted by molar-refractivity contribution is -0.129. The summed E-state index contributed by atoms with van der Waals surface area (Å²) in [5.74, 6) is 0.647. The lowest BCUT2D eigenvalue weighted by Crippen LogP contribution is -2.31. The van der Waals surface area contributed by atoms with Crippen LogP contribution in [0, 0.1) is 5.92 Å². The second-order valence-corrected chi connectivity index (χ2v) is 9.32. The number of anilines is 1. The summed E-state index contributed by atoms with van der Waals surface area (Å²) in [6, 6.07) is 10.3. The van der Waals surface area contributed by atoms with E-state index in [0.717, 1.165) is 31.6 Å². The minimum atomic E-state index is -3.54. The van der Waals surface area contributed by atoms with E-state index in [9.17, 15) is 13.2 Å². The Morgan fingerprint density at radius 1 is 1.27 bits per heavy atom. The van der Waals surface area contributed by atoms with Crippen LogP contribution in [-0.4, -0.2) is 45.9 Å². The van der Waals surface area contributed by atoms with E-state index >= 15 is 0 Å². The number of thiophene rings is 1. The second-order valence-electron chi connectivity index (χ2n) is 6.46. The zero-order valence-electron chi connectivity index (χ0n) is 14.6. The molecule has 1 aliphatic heterocycles. The Morgan fingerprint density at radius 2 is 2.04 bits per heavy atom. The largest absolute Gasteiger partial charge is 0.342 e. The van der Waals surface area contributed by atoms with Crippen molar-refractivity contribution in [3.05, 3.63) is 47.3 Å². The highest BCUT2D eigenvalue weighted by molar-refractivity contribution is 7.94. The van der Waals surface area contributed by atoms with Gasteiger partial charge in [0.15, 0.2) is 0 Å². The van der Waals surface area contributed by atoms with Crippen molar-refractivity contribution in [2.75, 3.05) is 31.4 Å². The van der Waals surface area contributed by atoms with Gasteiger partial charge in [-0.25, -0.2) is 8.42 Å². The molecule has 1 aliphatic rings. The minimum Gasteiger partial charge on any atom is -0.342 e. The van der Waals surface area contributed by atoms with Crippen LogP contribution in [0.4, 0.5) is 5.69 Å². The smallest absolute Gasteiger partial charge is 0.271 e. The number of amides is 1. The van der Waals surface area contributed by atoms with E-state index in [1.165, 1.54) is 11.3 Å². The van der Waals surface area contributed by atoms with Gasteiger partial charge in [-0.2, -0.15) is 0 Å². The van der Waals surface area contributed by atoms with Gasteiger partial charge in [-0.3, -0.25) is 9.52 Å². The first-order valence-electron chi connectivity index (χ1n) is 8.55. The molecule has 6 nitrogen and oxygen atoms in total. The van der Waals surface area contributed by atoms with Crippen molar-refractivity contribution >= 4 is 33.0 Å². The number of sulfonamides is 1. The molecule has 1 fully saturated rings. The summed E-state index contributed by atoms with van der Waals surface area (Å²) in [5.41, 5.74) is 1.37. The van der Waals surface area contributed by atoms with E-state index in [2.05, 4.69) is 10.0 Å². The summed E-state index contributed by atoms with van der Waals surface area (Å²) in [5, 5.41) is 4.89. The summed E-state index contributed by atoms with van der Waals surface area (Å²) >= 11 is 1.17. The third kappa shape index (κ3) is 4.63. The predicted molar refractivity (Wildman–Crippen MR) is 104 cm³/mol. The topological polar surface area (TPSA) is 78.5 Å². The van der Waals surface area contributed by atoms with Gasteiger partial charge in [-0.05, 0) is 55.1 Å². The van der Waals surface area contributed by atoms with Gasteiger partial charge < -0.3 is 10.2 Å². The number of hydrogen-bond donors (Lipinski definition) is 2. The van der Waals surface area contributed by atoms with Gasteiger partial charge >= 0.3 is 0 Å². The molecule has 0 saturated carbocycles. The maximum Gasteiger partial charge on any atom is 0.271 e. The van der Waals surface area contributed by atoms with Gasteiger partial charge in [-0.1, -0.05) is 18.2 Å². The molecule has 140 valence electrons. The van der Waals surface area contributed by atoms with Gasteiger partial charge in [0.05, 0.1) is 6.42 Å². The van der Waals surface area contributed by atoms with Gasteiger partial charge in [0.2, 0.25) is 5.91 Å². The molecule has 3 rings (SSSR count). The zero-order chi connectivity index (χ0) is 18.6. The SMILES string of the molecule is CNCC1CCN(C(=O)Cc2ccc(NS(=O)(=O)c3cccs3)cc2)C1. The third-order valence-electron chi connectivity index (χ3n) is 4.45. The molecule has 2 aromatic rings. The molecule has 1 aromatic carbocycles. The lowest BCUT2D eigenvalue weighted by Gasteiger charge is -2.16. The monoisotopic (exact) mass is 393 g/mol. The van der Waals surface area contributed by atoms with Crippen LogP contribution in [-0.2, 0) is 21.2 Å². The Morgan fingerprint density at radius 3 is 2.69 bits per heavy atom. The fraction of sp³-hybridized carbons (Fsp3) is 0.389. The quantitative estimate of drug-likeness (QED) is 0.756. The highest BCUT2D eigenvalue weighted by atomic mass is 32.2. The van der Waals surface area contributed by atoms with Gasteiger partial charge in [0.1, 0.15) is 4.21 Å². The summed E-state index contributed by atoms with van der Waals surface area (Å²) in [6.45, 7) is 2.55. The number of benzene rings is 1. The molecule has 0 aliphatic carbocycles. The van der Waals surface area contributed by atoms with Crippen molar-refractivity contribution in [1.29, 1.82) is 0 Å². The van der Waals surface area contributed by atoms with Crippen molar-refractivity contribution in [3.63, 3.8) is 0 Å². The van der Waals surface area contributed by atoms with E-state index in [1.807, 2.05) is 11.9 Å². The fourth-order valence-corrected chi connectivity index (χ4v) is 5.16.